The van der Waals surface area contributed by atoms with E-state index in [9.17, 15) is 4.79 Å². The number of fused-ring (bicyclic) bond motifs is 2. The van der Waals surface area contributed by atoms with Gasteiger partial charge in [-0.1, -0.05) is 6.92 Å². The van der Waals surface area contributed by atoms with E-state index >= 15 is 0 Å². The monoisotopic (exact) mass is 396 g/mol. The van der Waals surface area contributed by atoms with Crippen molar-refractivity contribution in [2.45, 2.75) is 114 Å². The van der Waals surface area contributed by atoms with Crippen LogP contribution in [0.1, 0.15) is 84.5 Å². The normalized spacial score (nSPS) is 46.7. The van der Waals surface area contributed by atoms with E-state index in [-0.39, 0.29) is 18.2 Å². The molecule has 28 heavy (non-hydrogen) atoms. The first-order chi connectivity index (χ1) is 13.4. The fourth-order valence-corrected chi connectivity index (χ4v) is 6.42. The molecule has 2 saturated heterocycles. The van der Waals surface area contributed by atoms with Crippen molar-refractivity contribution in [3.8, 4) is 0 Å². The van der Waals surface area contributed by atoms with Crippen LogP contribution in [0.15, 0.2) is 0 Å². The van der Waals surface area contributed by atoms with Crippen molar-refractivity contribution in [2.24, 2.45) is 5.92 Å². The van der Waals surface area contributed by atoms with Gasteiger partial charge in [0.1, 0.15) is 5.60 Å². The Balaban J connectivity index is 1.57. The zero-order valence-electron chi connectivity index (χ0n) is 17.5. The summed E-state index contributed by atoms with van der Waals surface area (Å²) in [7, 11) is 0. The van der Waals surface area contributed by atoms with Gasteiger partial charge >= 0.3 is 0 Å². The van der Waals surface area contributed by atoms with Gasteiger partial charge in [-0.2, -0.15) is 0 Å². The van der Waals surface area contributed by atoms with Crippen LogP contribution >= 0.6 is 0 Å². The third kappa shape index (κ3) is 4.55. The Hall–Kier alpha value is -0.690. The van der Waals surface area contributed by atoms with Crippen molar-refractivity contribution in [1.82, 2.24) is 0 Å². The molecule has 4 rings (SSSR count). The second-order valence-corrected chi connectivity index (χ2v) is 9.90. The molecule has 160 valence electrons. The van der Waals surface area contributed by atoms with Crippen molar-refractivity contribution in [1.29, 1.82) is 0 Å². The summed E-state index contributed by atoms with van der Waals surface area (Å²) in [6.45, 7) is 6.50. The highest BCUT2D eigenvalue weighted by molar-refractivity contribution is 5.39. The molecule has 2 heterocycles. The van der Waals surface area contributed by atoms with Gasteiger partial charge in [-0.3, -0.25) is 4.79 Å². The maximum absolute atomic E-state index is 11.4. The lowest BCUT2D eigenvalue weighted by molar-refractivity contribution is -0.313. The Morgan fingerprint density at radius 2 is 1.46 bits per heavy atom. The third-order valence-corrected chi connectivity index (χ3v) is 6.85. The smallest absolute Gasteiger partial charge is 0.293 e. The maximum atomic E-state index is 11.4. The van der Waals surface area contributed by atoms with Gasteiger partial charge in [-0.15, -0.1) is 0 Å². The zero-order chi connectivity index (χ0) is 19.7. The van der Waals surface area contributed by atoms with Crippen molar-refractivity contribution in [2.75, 3.05) is 13.2 Å². The van der Waals surface area contributed by atoms with Crippen LogP contribution in [0, 0.1) is 5.92 Å². The molecule has 0 aromatic rings. The summed E-state index contributed by atoms with van der Waals surface area (Å²) in [5.74, 6) is 0.424. The lowest BCUT2D eigenvalue weighted by Crippen LogP contribution is -2.63. The quantitative estimate of drug-likeness (QED) is 0.630. The summed E-state index contributed by atoms with van der Waals surface area (Å²) in [5, 5.41) is 0. The molecule has 0 aromatic carbocycles. The molecule has 0 N–H and O–H groups in total. The first-order valence-electron chi connectivity index (χ1n) is 11.1. The molecule has 6 atom stereocenters. The molecule has 0 aromatic heterocycles. The average Bonchev–Trinajstić information content (AvgIpc) is 2.61. The Labute approximate surface area is 168 Å². The molecule has 6 nitrogen and oxygen atoms in total. The van der Waals surface area contributed by atoms with Crippen molar-refractivity contribution in [3.05, 3.63) is 0 Å². The van der Waals surface area contributed by atoms with Gasteiger partial charge in [0, 0.05) is 32.5 Å². The van der Waals surface area contributed by atoms with E-state index in [0.717, 1.165) is 77.4 Å². The van der Waals surface area contributed by atoms with Crippen LogP contribution in [0.2, 0.25) is 0 Å². The zero-order valence-corrected chi connectivity index (χ0v) is 17.5. The molecule has 4 aliphatic rings. The van der Waals surface area contributed by atoms with E-state index in [2.05, 4.69) is 13.8 Å². The molecule has 4 fully saturated rings. The second kappa shape index (κ2) is 8.21. The van der Waals surface area contributed by atoms with Gasteiger partial charge in [-0.05, 0) is 64.2 Å². The molecule has 2 aliphatic carbocycles. The Morgan fingerprint density at radius 3 is 2.07 bits per heavy atom. The van der Waals surface area contributed by atoms with Crippen LogP contribution in [0.3, 0.4) is 0 Å². The molecular weight excluding hydrogens is 360 g/mol. The van der Waals surface area contributed by atoms with E-state index in [1.165, 1.54) is 0 Å². The molecule has 6 heteroatoms. The summed E-state index contributed by atoms with van der Waals surface area (Å²) in [6.07, 6.45) is 9.98. The SMILES string of the molecule is CC1CC2(OC=O)CC(C)(OC3CCCCO3)CC(OC3CCCCO3)(C1)C2. The largest absolute Gasteiger partial charge is 0.461 e. The molecule has 0 radical (unpaired) electrons. The van der Waals surface area contributed by atoms with E-state index < -0.39 is 11.2 Å². The highest BCUT2D eigenvalue weighted by Crippen LogP contribution is 2.56. The van der Waals surface area contributed by atoms with Gasteiger partial charge < -0.3 is 23.7 Å². The standard InChI is InChI=1S/C22H36O6/c1-17-11-21(26-16-23)13-20(2,27-18-7-3-5-9-24-18)14-22(12-17,15-21)28-19-8-4-6-10-25-19/h16-19H,3-15H2,1-2H3. The van der Waals surface area contributed by atoms with E-state index in [1.807, 2.05) is 0 Å². The van der Waals surface area contributed by atoms with Gasteiger partial charge in [-0.25, -0.2) is 0 Å². The second-order valence-electron chi connectivity index (χ2n) is 9.90. The predicted molar refractivity (Wildman–Crippen MR) is 103 cm³/mol. The summed E-state index contributed by atoms with van der Waals surface area (Å²) in [5.41, 5.74) is -1.36. The first kappa shape index (κ1) is 20.6. The number of hydrogen-bond acceptors (Lipinski definition) is 6. The number of carbonyl (C=O) groups excluding carboxylic acids is 1. The number of rotatable bonds is 6. The molecular formula is C22H36O6. The topological polar surface area (TPSA) is 63.2 Å². The average molecular weight is 397 g/mol. The summed E-state index contributed by atoms with van der Waals surface area (Å²) in [4.78, 5) is 11.4. The molecule has 0 spiro atoms. The van der Waals surface area contributed by atoms with Crippen LogP contribution in [-0.2, 0) is 28.5 Å². The fraction of sp³-hybridized carbons (Fsp3) is 0.955. The van der Waals surface area contributed by atoms with Gasteiger partial charge in [0.15, 0.2) is 12.6 Å². The summed E-state index contributed by atoms with van der Waals surface area (Å²) >= 11 is 0. The third-order valence-electron chi connectivity index (χ3n) is 6.85. The number of ether oxygens (including phenoxy) is 5. The van der Waals surface area contributed by atoms with Gasteiger partial charge in [0.05, 0.1) is 11.2 Å². The first-order valence-corrected chi connectivity index (χ1v) is 11.1. The Morgan fingerprint density at radius 1 is 0.857 bits per heavy atom. The van der Waals surface area contributed by atoms with E-state index in [4.69, 9.17) is 23.7 Å². The van der Waals surface area contributed by atoms with E-state index in [0.29, 0.717) is 18.8 Å². The van der Waals surface area contributed by atoms with Gasteiger partial charge in [0.2, 0.25) is 0 Å². The van der Waals surface area contributed by atoms with Crippen LogP contribution in [-0.4, -0.2) is 49.1 Å². The molecule has 2 bridgehead atoms. The van der Waals surface area contributed by atoms with Crippen LogP contribution in [0.25, 0.3) is 0 Å². The predicted octanol–water partition coefficient (Wildman–Crippen LogP) is 4.10. The van der Waals surface area contributed by atoms with Crippen molar-refractivity contribution in [3.63, 3.8) is 0 Å². The number of carbonyl (C=O) groups is 1. The van der Waals surface area contributed by atoms with E-state index in [1.54, 1.807) is 0 Å². The summed E-state index contributed by atoms with van der Waals surface area (Å²) in [6, 6.07) is 0. The van der Waals surface area contributed by atoms with Crippen LogP contribution in [0.4, 0.5) is 0 Å². The van der Waals surface area contributed by atoms with Gasteiger partial charge in [0.25, 0.3) is 6.47 Å². The molecule has 6 unspecified atom stereocenters. The lowest BCUT2D eigenvalue weighted by atomic mass is 9.58. The molecule has 0 amide bonds. The highest BCUT2D eigenvalue weighted by Gasteiger charge is 2.60. The highest BCUT2D eigenvalue weighted by atomic mass is 16.7. The lowest BCUT2D eigenvalue weighted by Gasteiger charge is -2.59. The minimum absolute atomic E-state index is 0.165. The fourth-order valence-electron chi connectivity index (χ4n) is 6.42. The minimum atomic E-state index is -0.532. The number of hydrogen-bond donors (Lipinski definition) is 0. The van der Waals surface area contributed by atoms with Crippen LogP contribution in [0.5, 0.6) is 0 Å². The minimum Gasteiger partial charge on any atom is -0.461 e. The van der Waals surface area contributed by atoms with Crippen molar-refractivity contribution < 1.29 is 28.5 Å². The molecule has 2 aliphatic heterocycles. The summed E-state index contributed by atoms with van der Waals surface area (Å²) < 4.78 is 30.8. The maximum Gasteiger partial charge on any atom is 0.293 e. The van der Waals surface area contributed by atoms with Crippen molar-refractivity contribution >= 4 is 6.47 Å². The van der Waals surface area contributed by atoms with Crippen LogP contribution < -0.4 is 0 Å². The molecule has 2 saturated carbocycles. The Kier molecular flexibility index (Phi) is 6.03. The Bertz CT molecular complexity index is 539.